The number of esters is 1. The quantitative estimate of drug-likeness (QED) is 0.257. The van der Waals surface area contributed by atoms with Crippen molar-refractivity contribution in [3.8, 4) is 0 Å². The summed E-state index contributed by atoms with van der Waals surface area (Å²) < 4.78 is 5.22. The number of pyridine rings is 1. The van der Waals surface area contributed by atoms with Gasteiger partial charge < -0.3 is 10.1 Å². The number of aromatic nitrogens is 1. The molecule has 0 saturated carbocycles. The fourth-order valence-corrected chi connectivity index (χ4v) is 2.77. The standard InChI is InChI=1S/C22H16Cl2N2O3/c23-17-10-8-16(9-11-17)18(13-15-5-2-1-3-6-15)22(28)29-14-20(27)26-19-7-4-12-25-21(19)24/h1-13H,14H2,(H,26,27)/b18-13+. The van der Waals surface area contributed by atoms with Gasteiger partial charge in [-0.25, -0.2) is 9.78 Å². The zero-order valence-corrected chi connectivity index (χ0v) is 16.7. The Morgan fingerprint density at radius 2 is 1.69 bits per heavy atom. The van der Waals surface area contributed by atoms with Crippen LogP contribution in [0.5, 0.6) is 0 Å². The zero-order chi connectivity index (χ0) is 20.6. The minimum absolute atomic E-state index is 0.151. The van der Waals surface area contributed by atoms with E-state index in [0.717, 1.165) is 5.56 Å². The zero-order valence-electron chi connectivity index (χ0n) is 15.1. The summed E-state index contributed by atoms with van der Waals surface area (Å²) in [4.78, 5) is 28.7. The molecule has 29 heavy (non-hydrogen) atoms. The van der Waals surface area contributed by atoms with Gasteiger partial charge in [0.1, 0.15) is 0 Å². The lowest BCUT2D eigenvalue weighted by Gasteiger charge is -2.10. The molecule has 0 aliphatic rings. The Balaban J connectivity index is 1.74. The molecule has 0 aliphatic carbocycles. The summed E-state index contributed by atoms with van der Waals surface area (Å²) >= 11 is 11.9. The van der Waals surface area contributed by atoms with Crippen molar-refractivity contribution in [3.63, 3.8) is 0 Å². The van der Waals surface area contributed by atoms with Gasteiger partial charge in [-0.15, -0.1) is 0 Å². The van der Waals surface area contributed by atoms with Crippen LogP contribution in [0.4, 0.5) is 5.69 Å². The van der Waals surface area contributed by atoms with Gasteiger partial charge >= 0.3 is 5.97 Å². The number of benzene rings is 2. The van der Waals surface area contributed by atoms with Crippen molar-refractivity contribution in [1.29, 1.82) is 0 Å². The molecular weight excluding hydrogens is 411 g/mol. The highest BCUT2D eigenvalue weighted by atomic mass is 35.5. The molecule has 0 bridgehead atoms. The number of hydrogen-bond donors (Lipinski definition) is 1. The van der Waals surface area contributed by atoms with Gasteiger partial charge in [-0.3, -0.25) is 4.79 Å². The Morgan fingerprint density at radius 3 is 2.38 bits per heavy atom. The van der Waals surface area contributed by atoms with Crippen LogP contribution in [0, 0.1) is 0 Å². The summed E-state index contributed by atoms with van der Waals surface area (Å²) in [6, 6.07) is 19.4. The Kier molecular flexibility index (Phi) is 7.00. The second kappa shape index (κ2) is 9.87. The molecule has 0 unspecified atom stereocenters. The number of halogens is 2. The summed E-state index contributed by atoms with van der Waals surface area (Å²) in [6.45, 7) is -0.468. The number of nitrogens with zero attached hydrogens (tertiary/aromatic N) is 1. The third kappa shape index (κ3) is 5.91. The lowest BCUT2D eigenvalue weighted by Crippen LogP contribution is -2.21. The monoisotopic (exact) mass is 426 g/mol. The minimum Gasteiger partial charge on any atom is -0.452 e. The normalized spacial score (nSPS) is 11.0. The molecule has 7 heteroatoms. The Hall–Kier alpha value is -3.15. The van der Waals surface area contributed by atoms with Crippen molar-refractivity contribution in [2.24, 2.45) is 0 Å². The minimum atomic E-state index is -0.636. The van der Waals surface area contributed by atoms with Crippen molar-refractivity contribution >= 4 is 52.4 Å². The highest BCUT2D eigenvalue weighted by Crippen LogP contribution is 2.22. The van der Waals surface area contributed by atoms with E-state index < -0.39 is 18.5 Å². The summed E-state index contributed by atoms with van der Waals surface area (Å²) in [6.07, 6.45) is 3.20. The fraction of sp³-hybridized carbons (Fsp3) is 0.0455. The van der Waals surface area contributed by atoms with Crippen molar-refractivity contribution in [2.75, 3.05) is 11.9 Å². The number of amides is 1. The molecule has 2 aromatic carbocycles. The van der Waals surface area contributed by atoms with Crippen LogP contribution in [0.3, 0.4) is 0 Å². The predicted octanol–water partition coefficient (Wildman–Crippen LogP) is 5.11. The van der Waals surface area contributed by atoms with E-state index in [2.05, 4.69) is 10.3 Å². The number of anilines is 1. The molecule has 0 saturated heterocycles. The first-order valence-electron chi connectivity index (χ1n) is 8.63. The molecule has 0 atom stereocenters. The lowest BCUT2D eigenvalue weighted by molar-refractivity contribution is -0.141. The highest BCUT2D eigenvalue weighted by Gasteiger charge is 2.16. The van der Waals surface area contributed by atoms with Gasteiger partial charge in [0.2, 0.25) is 0 Å². The maximum Gasteiger partial charge on any atom is 0.339 e. The van der Waals surface area contributed by atoms with E-state index in [1.807, 2.05) is 30.3 Å². The molecule has 0 spiro atoms. The first-order valence-corrected chi connectivity index (χ1v) is 9.39. The number of rotatable bonds is 6. The predicted molar refractivity (Wildman–Crippen MR) is 115 cm³/mol. The summed E-state index contributed by atoms with van der Waals surface area (Å²) in [5.74, 6) is -1.16. The van der Waals surface area contributed by atoms with E-state index in [4.69, 9.17) is 27.9 Å². The SMILES string of the molecule is O=C(COC(=O)/C(=C/c1ccccc1)c1ccc(Cl)cc1)Nc1cccnc1Cl. The van der Waals surface area contributed by atoms with Gasteiger partial charge in [0.05, 0.1) is 11.3 Å². The number of ether oxygens (including phenoxy) is 1. The van der Waals surface area contributed by atoms with Crippen LogP contribution < -0.4 is 5.32 Å². The molecule has 146 valence electrons. The van der Waals surface area contributed by atoms with Crippen LogP contribution in [-0.2, 0) is 14.3 Å². The van der Waals surface area contributed by atoms with Gasteiger partial charge in [0, 0.05) is 11.2 Å². The van der Waals surface area contributed by atoms with Gasteiger partial charge in [0.15, 0.2) is 11.8 Å². The fourth-order valence-electron chi connectivity index (χ4n) is 2.48. The Morgan fingerprint density at radius 1 is 0.966 bits per heavy atom. The average Bonchev–Trinajstić information content (AvgIpc) is 2.73. The molecule has 1 N–H and O–H groups in total. The van der Waals surface area contributed by atoms with E-state index in [1.54, 1.807) is 42.5 Å². The Labute approximate surface area is 177 Å². The van der Waals surface area contributed by atoms with Gasteiger partial charge in [-0.2, -0.15) is 0 Å². The smallest absolute Gasteiger partial charge is 0.339 e. The van der Waals surface area contributed by atoms with Crippen molar-refractivity contribution in [3.05, 3.63) is 94.2 Å². The van der Waals surface area contributed by atoms with Gasteiger partial charge in [-0.05, 0) is 41.5 Å². The molecule has 0 aliphatic heterocycles. The van der Waals surface area contributed by atoms with Crippen molar-refractivity contribution in [2.45, 2.75) is 0 Å². The molecule has 1 aromatic heterocycles. The van der Waals surface area contributed by atoms with E-state index in [9.17, 15) is 9.59 Å². The largest absolute Gasteiger partial charge is 0.452 e. The first kappa shape index (κ1) is 20.6. The average molecular weight is 427 g/mol. The summed E-state index contributed by atoms with van der Waals surface area (Å²) in [5, 5.41) is 3.25. The molecule has 3 aromatic rings. The van der Waals surface area contributed by atoms with Crippen LogP contribution in [0.15, 0.2) is 72.9 Å². The third-order valence-electron chi connectivity index (χ3n) is 3.85. The molecule has 0 fully saturated rings. The Bertz CT molecular complexity index is 1040. The maximum atomic E-state index is 12.7. The number of carbonyl (C=O) groups excluding carboxylic acids is 2. The summed E-state index contributed by atoms with van der Waals surface area (Å²) in [5.41, 5.74) is 2.09. The highest BCUT2D eigenvalue weighted by molar-refractivity contribution is 6.32. The molecular formula is C22H16Cl2N2O3. The van der Waals surface area contributed by atoms with Crippen LogP contribution in [-0.4, -0.2) is 23.5 Å². The van der Waals surface area contributed by atoms with Crippen LogP contribution >= 0.6 is 23.2 Å². The third-order valence-corrected chi connectivity index (χ3v) is 4.41. The molecule has 0 radical (unpaired) electrons. The molecule has 5 nitrogen and oxygen atoms in total. The molecule has 1 heterocycles. The lowest BCUT2D eigenvalue weighted by atomic mass is 10.0. The van der Waals surface area contributed by atoms with Gasteiger partial charge in [-0.1, -0.05) is 65.7 Å². The van der Waals surface area contributed by atoms with Gasteiger partial charge in [0.25, 0.3) is 5.91 Å². The van der Waals surface area contributed by atoms with Crippen LogP contribution in [0.2, 0.25) is 10.2 Å². The van der Waals surface area contributed by atoms with Crippen molar-refractivity contribution in [1.82, 2.24) is 4.98 Å². The first-order chi connectivity index (χ1) is 14.0. The summed E-state index contributed by atoms with van der Waals surface area (Å²) in [7, 11) is 0. The number of carbonyl (C=O) groups is 2. The van der Waals surface area contributed by atoms with Crippen molar-refractivity contribution < 1.29 is 14.3 Å². The van der Waals surface area contributed by atoms with E-state index in [0.29, 0.717) is 21.8 Å². The van der Waals surface area contributed by atoms with Crippen LogP contribution in [0.25, 0.3) is 11.6 Å². The molecule has 3 rings (SSSR count). The second-order valence-electron chi connectivity index (χ2n) is 5.94. The van der Waals surface area contributed by atoms with E-state index >= 15 is 0 Å². The van der Waals surface area contributed by atoms with E-state index in [1.165, 1.54) is 6.20 Å². The maximum absolute atomic E-state index is 12.7. The van der Waals surface area contributed by atoms with E-state index in [-0.39, 0.29) is 5.15 Å². The number of hydrogen-bond acceptors (Lipinski definition) is 4. The molecule has 1 amide bonds. The number of nitrogens with one attached hydrogen (secondary N) is 1. The topological polar surface area (TPSA) is 68.3 Å². The second-order valence-corrected chi connectivity index (χ2v) is 6.74. The van der Waals surface area contributed by atoms with Crippen LogP contribution in [0.1, 0.15) is 11.1 Å².